The fourth-order valence-electron chi connectivity index (χ4n) is 2.39. The summed E-state index contributed by atoms with van der Waals surface area (Å²) in [4.78, 5) is 0. The molecule has 0 aliphatic rings. The predicted octanol–water partition coefficient (Wildman–Crippen LogP) is 2.27. The lowest BCUT2D eigenvalue weighted by Crippen LogP contribution is -2.16. The zero-order valence-corrected chi connectivity index (χ0v) is 10.5. The van der Waals surface area contributed by atoms with E-state index in [0.29, 0.717) is 24.3 Å². The van der Waals surface area contributed by atoms with Crippen molar-refractivity contribution in [1.82, 2.24) is 9.78 Å². The van der Waals surface area contributed by atoms with Crippen molar-refractivity contribution in [3.05, 3.63) is 17.5 Å². The normalized spacial score (nSPS) is 12.1. The van der Waals surface area contributed by atoms with Crippen LogP contribution in [-0.4, -0.2) is 9.78 Å². The highest BCUT2D eigenvalue weighted by atomic mass is 15.3. The fraction of sp³-hybridized carbons (Fsp3) is 0.750. The van der Waals surface area contributed by atoms with Crippen LogP contribution < -0.4 is 5.73 Å². The maximum Gasteiger partial charge on any atom is 0.0705 e. The van der Waals surface area contributed by atoms with E-state index in [0.717, 1.165) is 0 Å². The lowest BCUT2D eigenvalue weighted by atomic mass is 9.82. The van der Waals surface area contributed by atoms with Crippen molar-refractivity contribution < 1.29 is 0 Å². The molecule has 0 aliphatic carbocycles. The Morgan fingerprint density at radius 3 is 2.20 bits per heavy atom. The Morgan fingerprint density at radius 2 is 1.80 bits per heavy atom. The molecule has 1 aromatic rings. The van der Waals surface area contributed by atoms with Gasteiger partial charge in [-0.25, -0.2) is 0 Å². The minimum absolute atomic E-state index is 0.504. The first-order valence-corrected chi connectivity index (χ1v) is 5.69. The third kappa shape index (κ3) is 2.59. The highest BCUT2D eigenvalue weighted by molar-refractivity contribution is 5.22. The van der Waals surface area contributed by atoms with Gasteiger partial charge in [-0.2, -0.15) is 5.10 Å². The molecule has 0 saturated heterocycles. The van der Waals surface area contributed by atoms with E-state index in [1.807, 2.05) is 17.9 Å². The Hall–Kier alpha value is -0.830. The maximum atomic E-state index is 5.75. The molecule has 2 N–H and O–H groups in total. The molecule has 0 saturated carbocycles. The molecule has 1 rings (SSSR count). The zero-order valence-electron chi connectivity index (χ0n) is 10.5. The van der Waals surface area contributed by atoms with Crippen molar-refractivity contribution >= 4 is 0 Å². The van der Waals surface area contributed by atoms with E-state index in [1.165, 1.54) is 11.3 Å². The second-order valence-corrected chi connectivity index (χ2v) is 4.93. The molecule has 0 aromatic carbocycles. The van der Waals surface area contributed by atoms with E-state index in [1.54, 1.807) is 0 Å². The number of hydrogen-bond donors (Lipinski definition) is 1. The summed E-state index contributed by atoms with van der Waals surface area (Å²) in [7, 11) is 1.96. The van der Waals surface area contributed by atoms with Crippen molar-refractivity contribution in [1.29, 1.82) is 0 Å². The molecule has 86 valence electrons. The van der Waals surface area contributed by atoms with Crippen molar-refractivity contribution in [2.24, 2.45) is 24.6 Å². The number of hydrogen-bond acceptors (Lipinski definition) is 2. The highest BCUT2D eigenvalue weighted by Crippen LogP contribution is 2.32. The van der Waals surface area contributed by atoms with Crippen molar-refractivity contribution in [2.45, 2.75) is 40.2 Å². The lowest BCUT2D eigenvalue weighted by Gasteiger charge is -2.24. The van der Waals surface area contributed by atoms with Gasteiger partial charge in [0, 0.05) is 31.3 Å². The standard InChI is InChI=1S/C12H23N3/c1-8(2)11(9(3)4)12-10(6-13)7-15(5)14-12/h7-9,11H,6,13H2,1-5H3. The average molecular weight is 209 g/mol. The summed E-state index contributed by atoms with van der Waals surface area (Å²) in [5.41, 5.74) is 8.12. The van der Waals surface area contributed by atoms with Gasteiger partial charge in [0.05, 0.1) is 5.69 Å². The number of aromatic nitrogens is 2. The van der Waals surface area contributed by atoms with Crippen LogP contribution in [0.4, 0.5) is 0 Å². The minimum atomic E-state index is 0.504. The van der Waals surface area contributed by atoms with Crippen LogP contribution >= 0.6 is 0 Å². The fourth-order valence-corrected chi connectivity index (χ4v) is 2.39. The van der Waals surface area contributed by atoms with Crippen LogP contribution in [0.1, 0.15) is 44.9 Å². The van der Waals surface area contributed by atoms with Gasteiger partial charge < -0.3 is 5.73 Å². The molecule has 0 aliphatic heterocycles. The summed E-state index contributed by atoms with van der Waals surface area (Å²) < 4.78 is 1.87. The molecular formula is C12H23N3. The molecule has 3 nitrogen and oxygen atoms in total. The van der Waals surface area contributed by atoms with Crippen LogP contribution in [-0.2, 0) is 13.6 Å². The van der Waals surface area contributed by atoms with Crippen LogP contribution in [0.2, 0.25) is 0 Å². The van der Waals surface area contributed by atoms with Crippen molar-refractivity contribution in [3.8, 4) is 0 Å². The summed E-state index contributed by atoms with van der Waals surface area (Å²) in [6.45, 7) is 9.58. The SMILES string of the molecule is CC(C)C(c1nn(C)cc1CN)C(C)C. The lowest BCUT2D eigenvalue weighted by molar-refractivity contribution is 0.375. The molecule has 0 amide bonds. The van der Waals surface area contributed by atoms with Crippen LogP contribution in [0.15, 0.2) is 6.20 Å². The van der Waals surface area contributed by atoms with Crippen LogP contribution in [0.3, 0.4) is 0 Å². The van der Waals surface area contributed by atoms with Crippen molar-refractivity contribution in [3.63, 3.8) is 0 Å². The smallest absolute Gasteiger partial charge is 0.0705 e. The molecule has 0 atom stereocenters. The van der Waals surface area contributed by atoms with E-state index in [-0.39, 0.29) is 0 Å². The Morgan fingerprint density at radius 1 is 1.27 bits per heavy atom. The minimum Gasteiger partial charge on any atom is -0.326 e. The Kier molecular flexibility index (Phi) is 3.91. The summed E-state index contributed by atoms with van der Waals surface area (Å²) >= 11 is 0. The Balaban J connectivity index is 3.09. The summed E-state index contributed by atoms with van der Waals surface area (Å²) in [6.07, 6.45) is 2.03. The number of rotatable bonds is 4. The van der Waals surface area contributed by atoms with Crippen molar-refractivity contribution in [2.75, 3.05) is 0 Å². The third-order valence-corrected chi connectivity index (χ3v) is 2.91. The first kappa shape index (κ1) is 12.2. The second kappa shape index (κ2) is 4.79. The van der Waals surface area contributed by atoms with Gasteiger partial charge in [0.1, 0.15) is 0 Å². The molecule has 15 heavy (non-hydrogen) atoms. The molecule has 0 radical (unpaired) electrons. The zero-order chi connectivity index (χ0) is 11.6. The van der Waals surface area contributed by atoms with Gasteiger partial charge in [-0.1, -0.05) is 27.7 Å². The maximum absolute atomic E-state index is 5.75. The predicted molar refractivity (Wildman–Crippen MR) is 63.5 cm³/mol. The second-order valence-electron chi connectivity index (χ2n) is 4.93. The van der Waals surface area contributed by atoms with Gasteiger partial charge in [0.15, 0.2) is 0 Å². The number of nitrogens with zero attached hydrogens (tertiary/aromatic N) is 2. The van der Waals surface area contributed by atoms with E-state index < -0.39 is 0 Å². The monoisotopic (exact) mass is 209 g/mol. The Bertz CT molecular complexity index is 305. The molecule has 0 fully saturated rings. The largest absolute Gasteiger partial charge is 0.326 e. The molecule has 0 bridgehead atoms. The highest BCUT2D eigenvalue weighted by Gasteiger charge is 2.24. The first-order chi connectivity index (χ1) is 6.97. The van der Waals surface area contributed by atoms with Gasteiger partial charge >= 0.3 is 0 Å². The van der Waals surface area contributed by atoms with Gasteiger partial charge in [-0.15, -0.1) is 0 Å². The van der Waals surface area contributed by atoms with E-state index >= 15 is 0 Å². The van der Waals surface area contributed by atoms with E-state index in [9.17, 15) is 0 Å². The topological polar surface area (TPSA) is 43.8 Å². The summed E-state index contributed by atoms with van der Waals surface area (Å²) in [6, 6.07) is 0. The summed E-state index contributed by atoms with van der Waals surface area (Å²) in [5.74, 6) is 1.71. The molecule has 0 unspecified atom stereocenters. The number of aryl methyl sites for hydroxylation is 1. The van der Waals surface area contributed by atoms with Crippen LogP contribution in [0, 0.1) is 11.8 Å². The molecule has 0 spiro atoms. The summed E-state index contributed by atoms with van der Waals surface area (Å²) in [5, 5.41) is 4.56. The average Bonchev–Trinajstić information content (AvgIpc) is 2.45. The van der Waals surface area contributed by atoms with E-state index in [4.69, 9.17) is 5.73 Å². The van der Waals surface area contributed by atoms with Gasteiger partial charge in [0.2, 0.25) is 0 Å². The van der Waals surface area contributed by atoms with Gasteiger partial charge in [-0.05, 0) is 11.8 Å². The first-order valence-electron chi connectivity index (χ1n) is 5.69. The number of nitrogens with two attached hydrogens (primary N) is 1. The molecular weight excluding hydrogens is 186 g/mol. The quantitative estimate of drug-likeness (QED) is 0.826. The van der Waals surface area contributed by atoms with Gasteiger partial charge in [-0.3, -0.25) is 4.68 Å². The molecule has 3 heteroatoms. The molecule has 1 heterocycles. The molecule has 1 aromatic heterocycles. The third-order valence-electron chi connectivity index (χ3n) is 2.91. The van der Waals surface area contributed by atoms with Crippen LogP contribution in [0.25, 0.3) is 0 Å². The van der Waals surface area contributed by atoms with Gasteiger partial charge in [0.25, 0.3) is 0 Å². The van der Waals surface area contributed by atoms with Crippen LogP contribution in [0.5, 0.6) is 0 Å². The Labute approximate surface area is 92.7 Å². The van der Waals surface area contributed by atoms with E-state index in [2.05, 4.69) is 32.8 Å².